The maximum absolute atomic E-state index is 10.0. The molecule has 0 bridgehead atoms. The Labute approximate surface area is 111 Å². The van der Waals surface area contributed by atoms with Crippen LogP contribution in [0.4, 0.5) is 0 Å². The first-order valence-corrected chi connectivity index (χ1v) is 5.92. The van der Waals surface area contributed by atoms with E-state index in [1.807, 2.05) is 0 Å². The monoisotopic (exact) mass is 260 g/mol. The summed E-state index contributed by atoms with van der Waals surface area (Å²) in [6, 6.07) is 10.4. The van der Waals surface area contributed by atoms with Gasteiger partial charge in [-0.3, -0.25) is 0 Å². The zero-order chi connectivity index (χ0) is 13.8. The van der Waals surface area contributed by atoms with Gasteiger partial charge in [-0.25, -0.2) is 0 Å². The molecule has 0 atom stereocenters. The predicted octanol–water partition coefficient (Wildman–Crippen LogP) is 2.19. The van der Waals surface area contributed by atoms with Gasteiger partial charge in [0.05, 0.1) is 13.7 Å². The van der Waals surface area contributed by atoms with Crippen molar-refractivity contribution in [1.82, 2.24) is 0 Å². The highest BCUT2D eigenvalue weighted by Gasteiger charge is 2.11. The van der Waals surface area contributed by atoms with E-state index >= 15 is 0 Å². The van der Waals surface area contributed by atoms with Crippen LogP contribution in [0, 0.1) is 0 Å². The third-order valence-corrected chi connectivity index (χ3v) is 3.06. The van der Waals surface area contributed by atoms with E-state index in [0.717, 1.165) is 0 Å². The molecular formula is C15H16O4. The maximum Gasteiger partial charge on any atom is 0.161 e. The highest BCUT2D eigenvalue weighted by Crippen LogP contribution is 2.33. The summed E-state index contributed by atoms with van der Waals surface area (Å²) < 4.78 is 5.05. The Hall–Kier alpha value is -2.20. The van der Waals surface area contributed by atoms with Crippen molar-refractivity contribution in [3.63, 3.8) is 0 Å². The van der Waals surface area contributed by atoms with Crippen LogP contribution < -0.4 is 4.74 Å². The molecule has 3 N–H and O–H groups in total. The first-order chi connectivity index (χ1) is 9.17. The number of hydrogen-bond acceptors (Lipinski definition) is 4. The molecule has 0 saturated carbocycles. The van der Waals surface area contributed by atoms with Crippen LogP contribution in [0.15, 0.2) is 36.4 Å². The summed E-state index contributed by atoms with van der Waals surface area (Å²) >= 11 is 0. The summed E-state index contributed by atoms with van der Waals surface area (Å²) in [6.07, 6.45) is 0.364. The van der Waals surface area contributed by atoms with E-state index in [4.69, 9.17) is 9.84 Å². The van der Waals surface area contributed by atoms with Crippen molar-refractivity contribution in [2.75, 3.05) is 7.11 Å². The van der Waals surface area contributed by atoms with Gasteiger partial charge in [-0.15, -0.1) is 0 Å². The van der Waals surface area contributed by atoms with Crippen LogP contribution in [0.5, 0.6) is 17.2 Å². The standard InChI is InChI=1S/C15H16O4/c1-19-13-7-3-5-11(15(13)18)8-10-4-2-6-12(9-16)14(10)17/h2-7,16-18H,8-9H2,1H3. The summed E-state index contributed by atoms with van der Waals surface area (Å²) in [5, 5.41) is 29.1. The minimum atomic E-state index is -0.218. The second-order valence-corrected chi connectivity index (χ2v) is 4.23. The molecule has 0 amide bonds. The number of aliphatic hydroxyl groups excluding tert-OH is 1. The molecule has 4 nitrogen and oxygen atoms in total. The van der Waals surface area contributed by atoms with Gasteiger partial charge in [0.25, 0.3) is 0 Å². The van der Waals surface area contributed by atoms with Crippen molar-refractivity contribution in [3.05, 3.63) is 53.1 Å². The van der Waals surface area contributed by atoms with Crippen LogP contribution in [0.3, 0.4) is 0 Å². The van der Waals surface area contributed by atoms with Gasteiger partial charge in [0.2, 0.25) is 0 Å². The van der Waals surface area contributed by atoms with Crippen molar-refractivity contribution >= 4 is 0 Å². The number of ether oxygens (including phenoxy) is 1. The molecule has 0 fully saturated rings. The van der Waals surface area contributed by atoms with Gasteiger partial charge in [0.1, 0.15) is 5.75 Å². The molecule has 0 aliphatic heterocycles. The van der Waals surface area contributed by atoms with Crippen LogP contribution >= 0.6 is 0 Å². The Bertz CT molecular complexity index is 527. The molecule has 0 aliphatic carbocycles. The van der Waals surface area contributed by atoms with E-state index in [1.54, 1.807) is 36.4 Å². The van der Waals surface area contributed by atoms with Crippen molar-refractivity contribution < 1.29 is 20.1 Å². The van der Waals surface area contributed by atoms with E-state index in [9.17, 15) is 10.2 Å². The minimum Gasteiger partial charge on any atom is -0.507 e. The summed E-state index contributed by atoms with van der Waals surface area (Å²) in [4.78, 5) is 0. The van der Waals surface area contributed by atoms with Gasteiger partial charge in [-0.1, -0.05) is 30.3 Å². The lowest BCUT2D eigenvalue weighted by Gasteiger charge is -2.11. The summed E-state index contributed by atoms with van der Waals surface area (Å²) in [7, 11) is 1.49. The number of phenols is 2. The van der Waals surface area contributed by atoms with Crippen LogP contribution in [0.2, 0.25) is 0 Å². The van der Waals surface area contributed by atoms with Crippen molar-refractivity contribution in [3.8, 4) is 17.2 Å². The van der Waals surface area contributed by atoms with Crippen molar-refractivity contribution in [1.29, 1.82) is 0 Å². The average molecular weight is 260 g/mol. The van der Waals surface area contributed by atoms with E-state index in [1.165, 1.54) is 7.11 Å². The lowest BCUT2D eigenvalue weighted by molar-refractivity contribution is 0.275. The first-order valence-electron chi connectivity index (χ1n) is 5.92. The quantitative estimate of drug-likeness (QED) is 0.788. The SMILES string of the molecule is COc1cccc(Cc2cccc(CO)c2O)c1O. The van der Waals surface area contributed by atoms with E-state index < -0.39 is 0 Å². The Morgan fingerprint density at radius 2 is 1.47 bits per heavy atom. The molecular weight excluding hydrogens is 244 g/mol. The predicted molar refractivity (Wildman–Crippen MR) is 71.5 cm³/mol. The molecule has 0 spiro atoms. The number of rotatable bonds is 4. The molecule has 0 heterocycles. The molecule has 0 unspecified atom stereocenters. The fourth-order valence-electron chi connectivity index (χ4n) is 2.00. The summed E-state index contributed by atoms with van der Waals surface area (Å²) in [5.74, 6) is 0.529. The third-order valence-electron chi connectivity index (χ3n) is 3.06. The lowest BCUT2D eigenvalue weighted by atomic mass is 10.0. The lowest BCUT2D eigenvalue weighted by Crippen LogP contribution is -1.94. The molecule has 0 aliphatic rings. The van der Waals surface area contributed by atoms with Crippen LogP contribution in [-0.4, -0.2) is 22.4 Å². The van der Waals surface area contributed by atoms with Gasteiger partial charge in [-0.05, 0) is 11.6 Å². The molecule has 2 rings (SSSR count). The first kappa shape index (κ1) is 13.2. The van der Waals surface area contributed by atoms with Gasteiger partial charge >= 0.3 is 0 Å². The van der Waals surface area contributed by atoms with Crippen LogP contribution in [0.25, 0.3) is 0 Å². The summed E-state index contributed by atoms with van der Waals surface area (Å²) in [5.41, 5.74) is 1.78. The van der Waals surface area contributed by atoms with Crippen molar-refractivity contribution in [2.45, 2.75) is 13.0 Å². The zero-order valence-corrected chi connectivity index (χ0v) is 10.6. The molecule has 19 heavy (non-hydrogen) atoms. The Morgan fingerprint density at radius 1 is 0.895 bits per heavy atom. The molecule has 100 valence electrons. The molecule has 0 aromatic heterocycles. The van der Waals surface area contributed by atoms with Gasteiger partial charge < -0.3 is 20.1 Å². The van der Waals surface area contributed by atoms with E-state index in [0.29, 0.717) is 28.9 Å². The topological polar surface area (TPSA) is 69.9 Å². The fraction of sp³-hybridized carbons (Fsp3) is 0.200. The number of methoxy groups -OCH3 is 1. The summed E-state index contributed by atoms with van der Waals surface area (Å²) in [6.45, 7) is -0.218. The molecule has 0 radical (unpaired) electrons. The second kappa shape index (κ2) is 5.63. The van der Waals surface area contributed by atoms with E-state index in [-0.39, 0.29) is 18.1 Å². The van der Waals surface area contributed by atoms with Crippen molar-refractivity contribution in [2.24, 2.45) is 0 Å². The smallest absolute Gasteiger partial charge is 0.161 e. The number of aromatic hydroxyl groups is 2. The molecule has 4 heteroatoms. The number of para-hydroxylation sites is 2. The second-order valence-electron chi connectivity index (χ2n) is 4.23. The average Bonchev–Trinajstić information content (AvgIpc) is 2.43. The Kier molecular flexibility index (Phi) is 3.92. The van der Waals surface area contributed by atoms with Crippen LogP contribution in [-0.2, 0) is 13.0 Å². The Morgan fingerprint density at radius 3 is 2.11 bits per heavy atom. The highest BCUT2D eigenvalue weighted by molar-refractivity contribution is 5.50. The third kappa shape index (κ3) is 2.63. The van der Waals surface area contributed by atoms with Crippen LogP contribution in [0.1, 0.15) is 16.7 Å². The zero-order valence-electron chi connectivity index (χ0n) is 10.6. The highest BCUT2D eigenvalue weighted by atomic mass is 16.5. The number of aliphatic hydroxyl groups is 1. The Balaban J connectivity index is 2.36. The van der Waals surface area contributed by atoms with Gasteiger partial charge in [0.15, 0.2) is 11.5 Å². The molecule has 2 aromatic rings. The van der Waals surface area contributed by atoms with E-state index in [2.05, 4.69) is 0 Å². The fourth-order valence-corrected chi connectivity index (χ4v) is 2.00. The minimum absolute atomic E-state index is 0.0622. The van der Waals surface area contributed by atoms with Gasteiger partial charge in [-0.2, -0.15) is 0 Å². The largest absolute Gasteiger partial charge is 0.507 e. The molecule has 0 saturated heterocycles. The maximum atomic E-state index is 10.0. The van der Waals surface area contributed by atoms with Gasteiger partial charge in [0, 0.05) is 17.5 Å². The number of phenolic OH excluding ortho intramolecular Hbond substituents is 1. The normalized spacial score (nSPS) is 10.4. The number of hydrogen-bond donors (Lipinski definition) is 3. The molecule has 2 aromatic carbocycles. The number of benzene rings is 2.